The van der Waals surface area contributed by atoms with Crippen molar-refractivity contribution >= 4 is 40.9 Å². The van der Waals surface area contributed by atoms with Gasteiger partial charge in [0, 0.05) is 15.7 Å². The van der Waals surface area contributed by atoms with Gasteiger partial charge in [-0.1, -0.05) is 23.2 Å². The molecular formula is C15H18Cl2N2O3. The van der Waals surface area contributed by atoms with Gasteiger partial charge < -0.3 is 15.4 Å². The number of hydrogen-bond acceptors (Lipinski definition) is 3. The smallest absolute Gasteiger partial charge is 0.408 e. The molecule has 1 aromatic rings. The molecule has 7 heteroatoms. The van der Waals surface area contributed by atoms with Gasteiger partial charge in [-0.15, -0.1) is 0 Å². The third-order valence-corrected chi connectivity index (χ3v) is 3.48. The van der Waals surface area contributed by atoms with Gasteiger partial charge in [-0.25, -0.2) is 4.79 Å². The fraction of sp³-hybridized carbons (Fsp3) is 0.467. The van der Waals surface area contributed by atoms with Crippen LogP contribution in [0.5, 0.6) is 0 Å². The molecule has 2 amide bonds. The fourth-order valence-electron chi connectivity index (χ4n) is 1.91. The molecule has 1 saturated carbocycles. The number of benzene rings is 1. The lowest BCUT2D eigenvalue weighted by molar-refractivity contribution is -0.119. The van der Waals surface area contributed by atoms with Gasteiger partial charge in [-0.2, -0.15) is 0 Å². The van der Waals surface area contributed by atoms with Gasteiger partial charge in [-0.3, -0.25) is 4.79 Å². The summed E-state index contributed by atoms with van der Waals surface area (Å²) in [4.78, 5) is 24.2. The molecule has 0 unspecified atom stereocenters. The largest absolute Gasteiger partial charge is 0.444 e. The van der Waals surface area contributed by atoms with Crippen LogP contribution in [0, 0.1) is 0 Å². The summed E-state index contributed by atoms with van der Waals surface area (Å²) in [7, 11) is 0. The number of amides is 2. The van der Waals surface area contributed by atoms with E-state index in [1.54, 1.807) is 39.0 Å². The van der Waals surface area contributed by atoms with Crippen LogP contribution in [0.4, 0.5) is 10.5 Å². The third kappa shape index (κ3) is 4.52. The van der Waals surface area contributed by atoms with Crippen molar-refractivity contribution in [3.8, 4) is 0 Å². The highest BCUT2D eigenvalue weighted by Crippen LogP contribution is 2.37. The lowest BCUT2D eigenvalue weighted by Gasteiger charge is -2.23. The zero-order valence-corrected chi connectivity index (χ0v) is 14.1. The van der Waals surface area contributed by atoms with Crippen LogP contribution in [0.1, 0.15) is 33.6 Å². The molecule has 0 radical (unpaired) electrons. The van der Waals surface area contributed by atoms with Crippen LogP contribution in [-0.4, -0.2) is 23.1 Å². The van der Waals surface area contributed by atoms with Crippen molar-refractivity contribution in [2.75, 3.05) is 5.32 Å². The second-order valence-electron chi connectivity index (χ2n) is 6.32. The van der Waals surface area contributed by atoms with Gasteiger partial charge in [0.2, 0.25) is 5.91 Å². The SMILES string of the molecule is CC(C)(C)OC(=O)NC1(C(=O)Nc2cc(Cl)cc(Cl)c2)CC1. The predicted molar refractivity (Wildman–Crippen MR) is 86.4 cm³/mol. The van der Waals surface area contributed by atoms with E-state index >= 15 is 0 Å². The molecule has 2 rings (SSSR count). The van der Waals surface area contributed by atoms with E-state index in [0.717, 1.165) is 0 Å². The number of halogens is 2. The highest BCUT2D eigenvalue weighted by molar-refractivity contribution is 6.35. The van der Waals surface area contributed by atoms with E-state index in [-0.39, 0.29) is 5.91 Å². The lowest BCUT2D eigenvalue weighted by atomic mass is 10.2. The maximum Gasteiger partial charge on any atom is 0.408 e. The summed E-state index contributed by atoms with van der Waals surface area (Å²) in [6.07, 6.45) is 0.517. The Bertz CT molecular complexity index is 587. The van der Waals surface area contributed by atoms with E-state index in [1.165, 1.54) is 0 Å². The van der Waals surface area contributed by atoms with Gasteiger partial charge in [-0.05, 0) is 51.8 Å². The molecule has 0 saturated heterocycles. The highest BCUT2D eigenvalue weighted by atomic mass is 35.5. The van der Waals surface area contributed by atoms with E-state index in [4.69, 9.17) is 27.9 Å². The molecule has 0 heterocycles. The predicted octanol–water partition coefficient (Wildman–Crippen LogP) is 3.99. The summed E-state index contributed by atoms with van der Waals surface area (Å²) < 4.78 is 5.18. The zero-order chi connectivity index (χ0) is 16.5. The van der Waals surface area contributed by atoms with Crippen molar-refractivity contribution in [3.05, 3.63) is 28.2 Å². The van der Waals surface area contributed by atoms with Gasteiger partial charge in [0.25, 0.3) is 0 Å². The van der Waals surface area contributed by atoms with E-state index in [1.807, 2.05) is 0 Å². The van der Waals surface area contributed by atoms with Gasteiger partial charge in [0.1, 0.15) is 11.1 Å². The molecule has 1 aliphatic carbocycles. The summed E-state index contributed by atoms with van der Waals surface area (Å²) in [5.41, 5.74) is -1.05. The maximum atomic E-state index is 12.4. The van der Waals surface area contributed by atoms with E-state index in [9.17, 15) is 9.59 Å². The minimum atomic E-state index is -0.920. The third-order valence-electron chi connectivity index (χ3n) is 3.05. The Kier molecular flexibility index (Phi) is 4.59. The number of ether oxygens (including phenoxy) is 1. The summed E-state index contributed by atoms with van der Waals surface area (Å²) in [6, 6.07) is 4.76. The molecule has 120 valence electrons. The number of nitrogens with one attached hydrogen (secondary N) is 2. The zero-order valence-electron chi connectivity index (χ0n) is 12.6. The Hall–Kier alpha value is -1.46. The van der Waals surface area contributed by atoms with Crippen molar-refractivity contribution in [2.45, 2.75) is 44.8 Å². The summed E-state index contributed by atoms with van der Waals surface area (Å²) >= 11 is 11.8. The van der Waals surface area contributed by atoms with E-state index in [2.05, 4.69) is 10.6 Å². The fourth-order valence-corrected chi connectivity index (χ4v) is 2.44. The minimum Gasteiger partial charge on any atom is -0.444 e. The Labute approximate surface area is 139 Å². The lowest BCUT2D eigenvalue weighted by Crippen LogP contribution is -2.47. The molecule has 2 N–H and O–H groups in total. The first-order valence-electron chi connectivity index (χ1n) is 6.88. The molecule has 0 spiro atoms. The molecule has 1 aliphatic rings. The molecule has 0 atom stereocenters. The number of alkyl carbamates (subject to hydrolysis) is 1. The van der Waals surface area contributed by atoms with Crippen LogP contribution >= 0.6 is 23.2 Å². The van der Waals surface area contributed by atoms with Crippen LogP contribution in [-0.2, 0) is 9.53 Å². The second-order valence-corrected chi connectivity index (χ2v) is 7.19. The van der Waals surface area contributed by atoms with Gasteiger partial charge in [0.05, 0.1) is 0 Å². The molecule has 1 aromatic carbocycles. The average molecular weight is 345 g/mol. The van der Waals surface area contributed by atoms with Gasteiger partial charge >= 0.3 is 6.09 Å². The van der Waals surface area contributed by atoms with Crippen LogP contribution in [0.3, 0.4) is 0 Å². The van der Waals surface area contributed by atoms with E-state index < -0.39 is 17.2 Å². The van der Waals surface area contributed by atoms with Crippen LogP contribution in [0.25, 0.3) is 0 Å². The number of hydrogen-bond donors (Lipinski definition) is 2. The summed E-state index contributed by atoms with van der Waals surface area (Å²) in [5, 5.41) is 6.20. The Balaban J connectivity index is 2.01. The minimum absolute atomic E-state index is 0.309. The van der Waals surface area contributed by atoms with Crippen LogP contribution < -0.4 is 10.6 Å². The molecule has 0 aromatic heterocycles. The van der Waals surface area contributed by atoms with Crippen molar-refractivity contribution in [1.82, 2.24) is 5.32 Å². The summed E-state index contributed by atoms with van der Waals surface area (Å²) in [6.45, 7) is 5.29. The normalized spacial score (nSPS) is 15.9. The van der Waals surface area contributed by atoms with E-state index in [0.29, 0.717) is 28.6 Å². The number of carbonyl (C=O) groups excluding carboxylic acids is 2. The van der Waals surface area contributed by atoms with Crippen LogP contribution in [0.2, 0.25) is 10.0 Å². The van der Waals surface area contributed by atoms with Crippen molar-refractivity contribution < 1.29 is 14.3 Å². The van der Waals surface area contributed by atoms with Crippen molar-refractivity contribution in [2.24, 2.45) is 0 Å². The molecular weight excluding hydrogens is 327 g/mol. The average Bonchev–Trinajstić information content (AvgIpc) is 3.05. The number of anilines is 1. The first-order chi connectivity index (χ1) is 10.1. The molecule has 5 nitrogen and oxygen atoms in total. The number of carbonyl (C=O) groups is 2. The van der Waals surface area contributed by atoms with Crippen LogP contribution in [0.15, 0.2) is 18.2 Å². The summed E-state index contributed by atoms with van der Waals surface area (Å²) in [5.74, 6) is -0.309. The highest BCUT2D eigenvalue weighted by Gasteiger charge is 2.52. The topological polar surface area (TPSA) is 67.4 Å². The number of rotatable bonds is 3. The Morgan fingerprint density at radius 1 is 1.14 bits per heavy atom. The first-order valence-corrected chi connectivity index (χ1v) is 7.64. The molecule has 0 bridgehead atoms. The second kappa shape index (κ2) is 5.97. The first kappa shape index (κ1) is 16.9. The van der Waals surface area contributed by atoms with Crippen molar-refractivity contribution in [3.63, 3.8) is 0 Å². The Morgan fingerprint density at radius 2 is 1.68 bits per heavy atom. The molecule has 0 aliphatic heterocycles. The molecule has 22 heavy (non-hydrogen) atoms. The van der Waals surface area contributed by atoms with Gasteiger partial charge in [0.15, 0.2) is 0 Å². The quantitative estimate of drug-likeness (QED) is 0.870. The standard InChI is InChI=1S/C15H18Cl2N2O3/c1-14(2,3)22-13(21)19-15(4-5-15)12(20)18-11-7-9(16)6-10(17)8-11/h6-8H,4-5H2,1-3H3,(H,18,20)(H,19,21). The molecule has 1 fully saturated rings. The monoisotopic (exact) mass is 344 g/mol. The Morgan fingerprint density at radius 3 is 2.14 bits per heavy atom. The van der Waals surface area contributed by atoms with Crippen molar-refractivity contribution in [1.29, 1.82) is 0 Å². The maximum absolute atomic E-state index is 12.4.